The van der Waals surface area contributed by atoms with Crippen molar-refractivity contribution in [2.75, 3.05) is 0 Å². The van der Waals surface area contributed by atoms with Crippen LogP contribution in [0.5, 0.6) is 0 Å². The summed E-state index contributed by atoms with van der Waals surface area (Å²) in [7, 11) is -1.80. The fraction of sp³-hybridized carbons (Fsp3) is 0.220. The van der Waals surface area contributed by atoms with Crippen molar-refractivity contribution in [2.24, 2.45) is 5.92 Å². The Morgan fingerprint density at radius 3 is 2.12 bits per heavy atom. The predicted octanol–water partition coefficient (Wildman–Crippen LogP) is 15.7. The molecule has 10 aromatic rings. The molecule has 10 rings (SSSR count). The van der Waals surface area contributed by atoms with Gasteiger partial charge in [-0.1, -0.05) is 151 Å². The molecule has 3 aromatic heterocycles. The summed E-state index contributed by atoms with van der Waals surface area (Å²) in [6, 6.07) is 50.0. The molecule has 0 bridgehead atoms. The Labute approximate surface area is 406 Å². The van der Waals surface area contributed by atoms with Gasteiger partial charge in [0, 0.05) is 42.9 Å². The van der Waals surface area contributed by atoms with Crippen LogP contribution in [0.2, 0.25) is 19.6 Å². The molecule has 7 aromatic carbocycles. The molecular formula is C59H57IrN3OSi-2. The number of benzene rings is 7. The van der Waals surface area contributed by atoms with Crippen LogP contribution in [0.4, 0.5) is 0 Å². The quantitative estimate of drug-likeness (QED) is 0.107. The molecule has 329 valence electrons. The van der Waals surface area contributed by atoms with Gasteiger partial charge in [-0.25, -0.2) is 0 Å². The van der Waals surface area contributed by atoms with Gasteiger partial charge in [-0.05, 0) is 99.7 Å². The summed E-state index contributed by atoms with van der Waals surface area (Å²) < 4.78 is 49.1. The van der Waals surface area contributed by atoms with E-state index in [4.69, 9.17) is 16.3 Å². The van der Waals surface area contributed by atoms with Gasteiger partial charge < -0.3 is 14.0 Å². The molecule has 0 saturated carbocycles. The first kappa shape index (κ1) is 39.5. The molecule has 0 aliphatic carbocycles. The second kappa shape index (κ2) is 18.9. The third-order valence-electron chi connectivity index (χ3n) is 11.8. The fourth-order valence-corrected chi connectivity index (χ4v) is 10.1. The maximum Gasteiger partial charge on any atom is 0.121 e. The van der Waals surface area contributed by atoms with Crippen LogP contribution >= 0.6 is 0 Å². The summed E-state index contributed by atoms with van der Waals surface area (Å²) in [6.45, 7) is 19.4. The molecule has 4 nitrogen and oxygen atoms in total. The van der Waals surface area contributed by atoms with E-state index in [0.717, 1.165) is 49.5 Å². The normalized spacial score (nSPS) is 13.1. The van der Waals surface area contributed by atoms with Crippen molar-refractivity contribution in [3.8, 4) is 39.5 Å². The first-order valence-electron chi connectivity index (χ1n) is 24.8. The standard InChI is InChI=1S/C41H33N2O.C18H24NSi.Ir/c1-25(2)32-23-30(27-12-6-5-7-13-27)24-33(26(3)4)40(32)43-36-17-11-10-16-35(36)42-41(43)29-19-20-37-34(22-29)39-31-15-9-8-14-28(31)18-21-38(39)44-37;1-14(2)11-16-12-17(15-9-7-6-8-10-15)19-13-18(16)20(3,4)5;/h5-18,20-26H,1-4H3;6-9,12-14H,11H2,1-5H3;/q2*-1;/i;6D,7D,8D,11D2;. The first-order chi connectivity index (χ1) is 32.8. The van der Waals surface area contributed by atoms with Crippen LogP contribution in [0.3, 0.4) is 0 Å². The summed E-state index contributed by atoms with van der Waals surface area (Å²) in [5.41, 5.74) is 12.6. The van der Waals surface area contributed by atoms with E-state index >= 15 is 0 Å². The SMILES string of the molecule is CC(C)c1cc(-c2ccccc2)cc(C(C)C)c1-n1c(-c2[c-]cc3oc4ccc5ccccc5c4c3c2)nc2ccccc21.[2H]c1[c-]c(-c2cc(C([2H])([2H])C(C)C)c([Si](C)(C)C)cn2)cc([2H])c1[2H].[Ir]. The van der Waals surface area contributed by atoms with E-state index in [1.165, 1.54) is 44.8 Å². The van der Waals surface area contributed by atoms with E-state index in [1.807, 2.05) is 19.9 Å². The van der Waals surface area contributed by atoms with Crippen molar-refractivity contribution in [3.05, 3.63) is 181 Å². The zero-order valence-electron chi connectivity index (χ0n) is 43.5. The molecule has 65 heavy (non-hydrogen) atoms. The smallest absolute Gasteiger partial charge is 0.121 e. The van der Waals surface area contributed by atoms with Crippen molar-refractivity contribution in [3.63, 3.8) is 0 Å². The minimum Gasteiger partial charge on any atom is -0.500 e. The van der Waals surface area contributed by atoms with Gasteiger partial charge in [0.1, 0.15) is 5.58 Å². The number of rotatable bonds is 9. The maximum atomic E-state index is 8.57. The molecule has 1 radical (unpaired) electrons. The molecular weight excluding hydrogens is 987 g/mol. The summed E-state index contributed by atoms with van der Waals surface area (Å²) in [6.07, 6.45) is 0.239. The van der Waals surface area contributed by atoms with E-state index in [1.54, 1.807) is 12.3 Å². The average molecular weight is 1050 g/mol. The number of hydrogen-bond acceptors (Lipinski definition) is 3. The zero-order valence-corrected chi connectivity index (χ0v) is 41.9. The maximum absolute atomic E-state index is 8.57. The Hall–Kier alpha value is -5.91. The second-order valence-electron chi connectivity index (χ2n) is 18.6. The Morgan fingerprint density at radius 2 is 1.42 bits per heavy atom. The number of imidazole rings is 1. The number of pyridine rings is 1. The van der Waals surface area contributed by atoms with Crippen LogP contribution in [0.25, 0.3) is 83.2 Å². The number of hydrogen-bond donors (Lipinski definition) is 0. The minimum atomic E-state index is -1.80. The molecule has 0 unspecified atom stereocenters. The predicted molar refractivity (Wildman–Crippen MR) is 274 cm³/mol. The topological polar surface area (TPSA) is 43.9 Å². The van der Waals surface area contributed by atoms with E-state index in [0.29, 0.717) is 28.7 Å². The average Bonchev–Trinajstić information content (AvgIpc) is 3.91. The first-order valence-corrected chi connectivity index (χ1v) is 25.8. The summed E-state index contributed by atoms with van der Waals surface area (Å²) >= 11 is 0. The van der Waals surface area contributed by atoms with E-state index in [2.05, 4.69) is 178 Å². The Kier molecular flexibility index (Phi) is 11.5. The van der Waals surface area contributed by atoms with Crippen LogP contribution in [-0.2, 0) is 26.5 Å². The number of nitrogens with zero attached hydrogens (tertiary/aromatic N) is 3. The van der Waals surface area contributed by atoms with Crippen molar-refractivity contribution < 1.29 is 31.4 Å². The summed E-state index contributed by atoms with van der Waals surface area (Å²) in [4.78, 5) is 9.75. The van der Waals surface area contributed by atoms with Gasteiger partial charge in [0.2, 0.25) is 0 Å². The monoisotopic (exact) mass is 1050 g/mol. The Bertz CT molecular complexity index is 3510. The summed E-state index contributed by atoms with van der Waals surface area (Å²) in [5, 5.41) is 5.58. The molecule has 3 heterocycles. The van der Waals surface area contributed by atoms with Crippen molar-refractivity contribution in [1.82, 2.24) is 14.5 Å². The van der Waals surface area contributed by atoms with Crippen molar-refractivity contribution in [1.29, 1.82) is 0 Å². The van der Waals surface area contributed by atoms with Gasteiger partial charge in [-0.3, -0.25) is 4.98 Å². The molecule has 0 N–H and O–H groups in total. The number of fused-ring (bicyclic) bond motifs is 6. The van der Waals surface area contributed by atoms with Crippen LogP contribution in [0.1, 0.15) is 76.9 Å². The van der Waals surface area contributed by atoms with Gasteiger partial charge in [0.15, 0.2) is 0 Å². The van der Waals surface area contributed by atoms with E-state index in [9.17, 15) is 0 Å². The number of para-hydroxylation sites is 2. The summed E-state index contributed by atoms with van der Waals surface area (Å²) in [5.74, 6) is 1.29. The fourth-order valence-electron chi connectivity index (χ4n) is 8.72. The Balaban J connectivity index is 0.000000217. The Morgan fingerprint density at radius 1 is 0.708 bits per heavy atom. The zero-order chi connectivity index (χ0) is 49.1. The minimum absolute atomic E-state index is 0. The van der Waals surface area contributed by atoms with Gasteiger partial charge >= 0.3 is 0 Å². The molecule has 0 amide bonds. The van der Waals surface area contributed by atoms with Crippen molar-refractivity contribution >= 4 is 57.0 Å². The molecule has 0 aliphatic heterocycles. The molecule has 0 saturated heterocycles. The van der Waals surface area contributed by atoms with Crippen molar-refractivity contribution in [2.45, 2.75) is 79.4 Å². The van der Waals surface area contributed by atoms with Crippen LogP contribution in [0.15, 0.2) is 156 Å². The van der Waals surface area contributed by atoms with Gasteiger partial charge in [0.25, 0.3) is 0 Å². The molecule has 0 fully saturated rings. The molecule has 0 aliphatic rings. The molecule has 0 spiro atoms. The second-order valence-corrected chi connectivity index (χ2v) is 23.6. The largest absolute Gasteiger partial charge is 0.500 e. The van der Waals surface area contributed by atoms with Crippen LogP contribution < -0.4 is 5.19 Å². The van der Waals surface area contributed by atoms with Crippen LogP contribution in [-0.4, -0.2) is 22.6 Å². The van der Waals surface area contributed by atoms with Crippen LogP contribution in [0, 0.1) is 18.1 Å². The van der Waals surface area contributed by atoms with Gasteiger partial charge in [-0.15, -0.1) is 59.6 Å². The van der Waals surface area contributed by atoms with Gasteiger partial charge in [0.05, 0.1) is 30.5 Å². The third-order valence-corrected chi connectivity index (χ3v) is 13.8. The number of furan rings is 1. The van der Waals surface area contributed by atoms with Gasteiger partial charge in [-0.2, -0.15) is 0 Å². The number of aromatic nitrogens is 3. The molecule has 0 atom stereocenters. The van der Waals surface area contributed by atoms with E-state index in [-0.39, 0.29) is 44.2 Å². The van der Waals surface area contributed by atoms with E-state index < -0.39 is 14.4 Å². The third kappa shape index (κ3) is 9.18. The molecule has 6 heteroatoms.